The molecule has 0 radical (unpaired) electrons. The third-order valence-electron chi connectivity index (χ3n) is 6.67. The fraction of sp³-hybridized carbons (Fsp3) is 0.385. The third kappa shape index (κ3) is 5.03. The number of nitrogens with two attached hydrogens (primary N) is 2. The largest absolute Gasteiger partial charge is 0.486 e. The van der Waals surface area contributed by atoms with Gasteiger partial charge in [0.25, 0.3) is 17.7 Å². The molecule has 3 heterocycles. The Morgan fingerprint density at radius 2 is 1.82 bits per heavy atom. The van der Waals surface area contributed by atoms with Crippen LogP contribution in [-0.4, -0.2) is 41.4 Å². The van der Waals surface area contributed by atoms with Crippen molar-refractivity contribution in [3.05, 3.63) is 52.4 Å². The molecule has 0 bridgehead atoms. The van der Waals surface area contributed by atoms with Crippen LogP contribution < -0.4 is 31.2 Å². The van der Waals surface area contributed by atoms with Gasteiger partial charge in [-0.2, -0.15) is 4.37 Å². The Morgan fingerprint density at radius 3 is 2.47 bits per heavy atom. The third-order valence-corrected chi connectivity index (χ3v) is 7.52. The van der Waals surface area contributed by atoms with Crippen LogP contribution in [0, 0.1) is 6.92 Å². The van der Waals surface area contributed by atoms with Crippen LogP contribution in [0.25, 0.3) is 0 Å². The topological polar surface area (TPSA) is 163 Å². The number of carbonyl (C=O) groups excluding carboxylic acids is 3. The van der Waals surface area contributed by atoms with E-state index in [0.29, 0.717) is 36.2 Å². The number of hydrogen-bond donors (Lipinski definition) is 3. The number of nitrogens with one attached hydrogen (secondary N) is 1. The number of primary amides is 1. The van der Waals surface area contributed by atoms with Crippen molar-refractivity contribution >= 4 is 40.6 Å². The van der Waals surface area contributed by atoms with Gasteiger partial charge in [0.15, 0.2) is 23.2 Å². The SMILES string of the molecule is Cc1ccc([C@@H](C(=O)NC2CCCCC2)N(C(=O)c2snc(C(N)=O)c2N)c2ccc3c(c2)OCCO3)o1. The van der Waals surface area contributed by atoms with Gasteiger partial charge in [-0.3, -0.25) is 19.3 Å². The summed E-state index contributed by atoms with van der Waals surface area (Å²) in [7, 11) is 0. The highest BCUT2D eigenvalue weighted by molar-refractivity contribution is 7.09. The summed E-state index contributed by atoms with van der Waals surface area (Å²) in [6, 6.07) is 7.18. The van der Waals surface area contributed by atoms with E-state index in [1.165, 1.54) is 4.90 Å². The van der Waals surface area contributed by atoms with Crippen LogP contribution in [0.2, 0.25) is 0 Å². The molecule has 0 unspecified atom stereocenters. The first-order valence-corrected chi connectivity index (χ1v) is 13.3. The number of fused-ring (bicyclic) bond motifs is 1. The van der Waals surface area contributed by atoms with Gasteiger partial charge in [0, 0.05) is 17.8 Å². The van der Waals surface area contributed by atoms with Crippen molar-refractivity contribution in [3.63, 3.8) is 0 Å². The fourth-order valence-electron chi connectivity index (χ4n) is 4.81. The molecule has 11 nitrogen and oxygen atoms in total. The second-order valence-electron chi connectivity index (χ2n) is 9.34. The van der Waals surface area contributed by atoms with E-state index < -0.39 is 23.8 Å². The quantitative estimate of drug-likeness (QED) is 0.412. The summed E-state index contributed by atoms with van der Waals surface area (Å²) in [4.78, 5) is 41.2. The predicted molar refractivity (Wildman–Crippen MR) is 140 cm³/mol. The molecule has 12 heteroatoms. The van der Waals surface area contributed by atoms with Crippen molar-refractivity contribution in [1.29, 1.82) is 0 Å². The Labute approximate surface area is 223 Å². The standard InChI is InChI=1S/C26H29N5O6S/c1-14-7-9-18(37-14)22(25(33)29-15-5-3-2-4-6-15)31(16-8-10-17-19(13-16)36-12-11-35-17)26(34)23-20(27)21(24(28)32)30-38-23/h7-10,13,15,22H,2-6,11-12,27H2,1H3,(H2,28,32)(H,29,33)/t22-/m0/s1. The van der Waals surface area contributed by atoms with Crippen molar-refractivity contribution < 1.29 is 28.3 Å². The van der Waals surface area contributed by atoms with E-state index in [9.17, 15) is 14.4 Å². The smallest absolute Gasteiger partial charge is 0.273 e. The van der Waals surface area contributed by atoms with Crippen molar-refractivity contribution in [2.45, 2.75) is 51.1 Å². The highest BCUT2D eigenvalue weighted by atomic mass is 32.1. The Kier molecular flexibility index (Phi) is 7.23. The first-order valence-electron chi connectivity index (χ1n) is 12.5. The molecule has 3 aromatic rings. The molecule has 3 amide bonds. The maximum atomic E-state index is 14.2. The summed E-state index contributed by atoms with van der Waals surface area (Å²) >= 11 is 0.744. The first kappa shape index (κ1) is 25.6. The molecule has 2 aromatic heterocycles. The maximum absolute atomic E-state index is 14.2. The van der Waals surface area contributed by atoms with Gasteiger partial charge in [-0.1, -0.05) is 19.3 Å². The van der Waals surface area contributed by atoms with E-state index in [1.54, 1.807) is 37.3 Å². The number of benzene rings is 1. The number of aryl methyl sites for hydroxylation is 1. The zero-order chi connectivity index (χ0) is 26.8. The lowest BCUT2D eigenvalue weighted by molar-refractivity contribution is -0.123. The predicted octanol–water partition coefficient (Wildman–Crippen LogP) is 3.33. The lowest BCUT2D eigenvalue weighted by atomic mass is 9.95. The first-order chi connectivity index (χ1) is 18.3. The molecule has 5 rings (SSSR count). The summed E-state index contributed by atoms with van der Waals surface area (Å²) in [5.41, 5.74) is 11.5. The maximum Gasteiger partial charge on any atom is 0.273 e. The molecule has 1 saturated carbocycles. The molecule has 1 fully saturated rings. The Morgan fingerprint density at radius 1 is 1.08 bits per heavy atom. The normalized spacial score (nSPS) is 16.0. The summed E-state index contributed by atoms with van der Waals surface area (Å²) in [5, 5.41) is 3.12. The van der Waals surface area contributed by atoms with Crippen LogP contribution in [0.5, 0.6) is 11.5 Å². The average Bonchev–Trinajstić information content (AvgIpc) is 3.52. The minimum absolute atomic E-state index is 0.0121. The minimum Gasteiger partial charge on any atom is -0.486 e. The summed E-state index contributed by atoms with van der Waals surface area (Å²) in [5.74, 6) is -0.0660. The van der Waals surface area contributed by atoms with Gasteiger partial charge in [0.1, 0.15) is 29.6 Å². The van der Waals surface area contributed by atoms with Gasteiger partial charge in [-0.05, 0) is 55.6 Å². The Balaban J connectivity index is 1.62. The van der Waals surface area contributed by atoms with Gasteiger partial charge in [-0.25, -0.2) is 0 Å². The minimum atomic E-state index is -1.18. The number of ether oxygens (including phenoxy) is 2. The number of nitrogens with zero attached hydrogens (tertiary/aromatic N) is 2. The Bertz CT molecular complexity index is 1360. The zero-order valence-corrected chi connectivity index (χ0v) is 21.7. The van der Waals surface area contributed by atoms with Gasteiger partial charge in [0.2, 0.25) is 0 Å². The lowest BCUT2D eigenvalue weighted by Gasteiger charge is -2.32. The molecule has 5 N–H and O–H groups in total. The van der Waals surface area contributed by atoms with Gasteiger partial charge >= 0.3 is 0 Å². The van der Waals surface area contributed by atoms with Crippen molar-refractivity contribution in [3.8, 4) is 11.5 Å². The highest BCUT2D eigenvalue weighted by Gasteiger charge is 2.39. The molecule has 1 atom stereocenters. The molecular weight excluding hydrogens is 510 g/mol. The number of aromatic nitrogens is 1. The lowest BCUT2D eigenvalue weighted by Crippen LogP contribution is -2.47. The van der Waals surface area contributed by atoms with E-state index in [4.69, 9.17) is 25.4 Å². The van der Waals surface area contributed by atoms with Gasteiger partial charge < -0.3 is 30.7 Å². The molecule has 0 spiro atoms. The van der Waals surface area contributed by atoms with Crippen LogP contribution in [0.1, 0.15) is 69.8 Å². The molecule has 1 aliphatic heterocycles. The second-order valence-corrected chi connectivity index (χ2v) is 10.1. The second kappa shape index (κ2) is 10.7. The monoisotopic (exact) mass is 539 g/mol. The number of nitrogen functional groups attached to an aromatic ring is 1. The molecule has 0 saturated heterocycles. The number of hydrogen-bond acceptors (Lipinski definition) is 9. The summed E-state index contributed by atoms with van der Waals surface area (Å²) in [6.07, 6.45) is 4.89. The molecule has 2 aliphatic rings. The van der Waals surface area contributed by atoms with Crippen LogP contribution in [0.3, 0.4) is 0 Å². The van der Waals surface area contributed by atoms with E-state index in [2.05, 4.69) is 9.69 Å². The highest BCUT2D eigenvalue weighted by Crippen LogP contribution is 2.39. The van der Waals surface area contributed by atoms with E-state index in [1.807, 2.05) is 0 Å². The average molecular weight is 540 g/mol. The molecule has 38 heavy (non-hydrogen) atoms. The fourth-order valence-corrected chi connectivity index (χ4v) is 5.55. The number of furan rings is 1. The number of carbonyl (C=O) groups is 3. The molecular formula is C26H29N5O6S. The van der Waals surface area contributed by atoms with Crippen molar-refractivity contribution in [2.75, 3.05) is 23.8 Å². The van der Waals surface area contributed by atoms with Crippen LogP contribution in [-0.2, 0) is 4.79 Å². The van der Waals surface area contributed by atoms with E-state index in [0.717, 1.165) is 43.6 Å². The Hall–Kier alpha value is -4.06. The van der Waals surface area contributed by atoms with Crippen molar-refractivity contribution in [2.24, 2.45) is 5.73 Å². The summed E-state index contributed by atoms with van der Waals surface area (Å²) in [6.45, 7) is 2.51. The number of amides is 3. The molecule has 200 valence electrons. The van der Waals surface area contributed by atoms with Crippen LogP contribution >= 0.6 is 11.5 Å². The van der Waals surface area contributed by atoms with Crippen LogP contribution in [0.4, 0.5) is 11.4 Å². The number of rotatable bonds is 7. The van der Waals surface area contributed by atoms with Crippen molar-refractivity contribution in [1.82, 2.24) is 9.69 Å². The van der Waals surface area contributed by atoms with Gasteiger partial charge in [0.05, 0.1) is 5.69 Å². The zero-order valence-electron chi connectivity index (χ0n) is 20.9. The molecule has 1 aromatic carbocycles. The van der Waals surface area contributed by atoms with E-state index in [-0.39, 0.29) is 28.1 Å². The molecule has 1 aliphatic carbocycles. The summed E-state index contributed by atoms with van der Waals surface area (Å²) < 4.78 is 21.3. The van der Waals surface area contributed by atoms with Gasteiger partial charge in [-0.15, -0.1) is 0 Å². The van der Waals surface area contributed by atoms with Crippen LogP contribution in [0.15, 0.2) is 34.7 Å². The van der Waals surface area contributed by atoms with E-state index >= 15 is 0 Å². The number of anilines is 2.